The molecule has 21 heavy (non-hydrogen) atoms. The van der Waals surface area contributed by atoms with Gasteiger partial charge in [0.2, 0.25) is 0 Å². The quantitative estimate of drug-likeness (QED) is 0.906. The van der Waals surface area contributed by atoms with Gasteiger partial charge in [-0.2, -0.15) is 0 Å². The van der Waals surface area contributed by atoms with Crippen molar-refractivity contribution in [3.05, 3.63) is 48.5 Å². The monoisotopic (exact) mass is 304 g/mol. The van der Waals surface area contributed by atoms with E-state index in [2.05, 4.69) is 10.0 Å². The summed E-state index contributed by atoms with van der Waals surface area (Å²) < 4.78 is 32.3. The molecular weight excluding hydrogens is 292 g/mol. The fourth-order valence-corrected chi connectivity index (χ4v) is 3.08. The van der Waals surface area contributed by atoms with Crippen LogP contribution in [0, 0.1) is 0 Å². The van der Waals surface area contributed by atoms with Gasteiger partial charge in [0, 0.05) is 0 Å². The number of benzene rings is 2. The van der Waals surface area contributed by atoms with E-state index in [-0.39, 0.29) is 23.1 Å². The number of hydrogen-bond donors (Lipinski definition) is 2. The highest BCUT2D eigenvalue weighted by molar-refractivity contribution is 7.92. The standard InChI is InChI=1S/C14H12N2O4S/c17-13-9-20-12-8-4-7-11(14(12)15-13)16-21(18,19)10-5-2-1-3-6-10/h1-8,16H,9H2,(H,15,17). The second kappa shape index (κ2) is 5.10. The zero-order valence-corrected chi connectivity index (χ0v) is 11.7. The zero-order chi connectivity index (χ0) is 14.9. The molecule has 1 aliphatic rings. The lowest BCUT2D eigenvalue weighted by atomic mass is 10.2. The fourth-order valence-electron chi connectivity index (χ4n) is 1.99. The van der Waals surface area contributed by atoms with Crippen molar-refractivity contribution < 1.29 is 17.9 Å². The van der Waals surface area contributed by atoms with Crippen LogP contribution < -0.4 is 14.8 Å². The third-order valence-corrected chi connectivity index (χ3v) is 4.33. The second-order valence-corrected chi connectivity index (χ2v) is 6.12. The summed E-state index contributed by atoms with van der Waals surface area (Å²) in [5.74, 6) is 0.108. The van der Waals surface area contributed by atoms with Gasteiger partial charge in [0.15, 0.2) is 6.61 Å². The molecule has 0 aromatic heterocycles. The van der Waals surface area contributed by atoms with Gasteiger partial charge in [-0.05, 0) is 24.3 Å². The van der Waals surface area contributed by atoms with Crippen molar-refractivity contribution in [3.8, 4) is 5.75 Å². The lowest BCUT2D eigenvalue weighted by molar-refractivity contribution is -0.118. The maximum Gasteiger partial charge on any atom is 0.262 e. The number of carbonyl (C=O) groups is 1. The summed E-state index contributed by atoms with van der Waals surface area (Å²) in [7, 11) is -3.72. The van der Waals surface area contributed by atoms with Crippen LogP contribution in [0.4, 0.5) is 11.4 Å². The van der Waals surface area contributed by atoms with E-state index < -0.39 is 10.0 Å². The third-order valence-electron chi connectivity index (χ3n) is 2.95. The molecule has 3 rings (SSSR count). The molecule has 0 bridgehead atoms. The van der Waals surface area contributed by atoms with Crippen LogP contribution in [-0.4, -0.2) is 20.9 Å². The number of amides is 1. The molecular formula is C14H12N2O4S. The molecule has 2 N–H and O–H groups in total. The molecule has 2 aromatic carbocycles. The average Bonchev–Trinajstić information content (AvgIpc) is 2.48. The Bertz CT molecular complexity index is 788. The summed E-state index contributed by atoms with van der Waals surface area (Å²) in [5.41, 5.74) is 0.595. The van der Waals surface area contributed by atoms with E-state index in [1.165, 1.54) is 12.1 Å². The van der Waals surface area contributed by atoms with E-state index in [1.54, 1.807) is 36.4 Å². The minimum Gasteiger partial charge on any atom is -0.481 e. The van der Waals surface area contributed by atoms with E-state index in [4.69, 9.17) is 4.74 Å². The van der Waals surface area contributed by atoms with E-state index in [1.807, 2.05) is 0 Å². The Kier molecular flexibility index (Phi) is 3.26. The van der Waals surface area contributed by atoms with Crippen molar-refractivity contribution in [3.63, 3.8) is 0 Å². The predicted molar refractivity (Wildman–Crippen MR) is 77.8 cm³/mol. The van der Waals surface area contributed by atoms with Crippen molar-refractivity contribution in [1.82, 2.24) is 0 Å². The summed E-state index contributed by atoms with van der Waals surface area (Å²) in [6.07, 6.45) is 0. The first-order valence-corrected chi connectivity index (χ1v) is 7.68. The van der Waals surface area contributed by atoms with Crippen LogP contribution in [0.15, 0.2) is 53.4 Å². The number of fused-ring (bicyclic) bond motifs is 1. The SMILES string of the molecule is O=C1COc2cccc(NS(=O)(=O)c3ccccc3)c2N1. The Hall–Kier alpha value is -2.54. The van der Waals surface area contributed by atoms with Crippen LogP contribution in [0.1, 0.15) is 0 Å². The summed E-state index contributed by atoms with van der Waals surface area (Å²) in [6.45, 7) is -0.0815. The Morgan fingerprint density at radius 1 is 1.05 bits per heavy atom. The molecule has 1 aliphatic heterocycles. The second-order valence-electron chi connectivity index (χ2n) is 4.43. The van der Waals surface area contributed by atoms with Crippen LogP contribution in [-0.2, 0) is 14.8 Å². The Morgan fingerprint density at radius 2 is 1.81 bits per heavy atom. The fraction of sp³-hybridized carbons (Fsp3) is 0.0714. The largest absolute Gasteiger partial charge is 0.481 e. The maximum atomic E-state index is 12.3. The summed E-state index contributed by atoms with van der Waals surface area (Å²) >= 11 is 0. The first kappa shape index (κ1) is 13.4. The lowest BCUT2D eigenvalue weighted by Crippen LogP contribution is -2.26. The van der Waals surface area contributed by atoms with Crippen molar-refractivity contribution in [2.45, 2.75) is 4.90 Å². The highest BCUT2D eigenvalue weighted by Crippen LogP contribution is 2.35. The Morgan fingerprint density at radius 3 is 2.57 bits per heavy atom. The van der Waals surface area contributed by atoms with E-state index in [0.29, 0.717) is 11.4 Å². The van der Waals surface area contributed by atoms with E-state index in [9.17, 15) is 13.2 Å². The first-order valence-electron chi connectivity index (χ1n) is 6.20. The highest BCUT2D eigenvalue weighted by Gasteiger charge is 2.22. The van der Waals surface area contributed by atoms with Gasteiger partial charge in [0.25, 0.3) is 15.9 Å². The zero-order valence-electron chi connectivity index (χ0n) is 10.9. The number of sulfonamides is 1. The van der Waals surface area contributed by atoms with Gasteiger partial charge in [-0.1, -0.05) is 24.3 Å². The van der Waals surface area contributed by atoms with Gasteiger partial charge in [-0.15, -0.1) is 0 Å². The van der Waals surface area contributed by atoms with Gasteiger partial charge in [0.1, 0.15) is 11.4 Å². The van der Waals surface area contributed by atoms with E-state index in [0.717, 1.165) is 0 Å². The number of hydrogen-bond acceptors (Lipinski definition) is 4. The molecule has 0 atom stereocenters. The molecule has 0 spiro atoms. The molecule has 6 nitrogen and oxygen atoms in total. The van der Waals surface area contributed by atoms with Crippen molar-refractivity contribution in [1.29, 1.82) is 0 Å². The van der Waals surface area contributed by atoms with Crippen LogP contribution in [0.2, 0.25) is 0 Å². The number of para-hydroxylation sites is 1. The molecule has 7 heteroatoms. The van der Waals surface area contributed by atoms with Gasteiger partial charge in [-0.3, -0.25) is 9.52 Å². The summed E-state index contributed by atoms with van der Waals surface area (Å²) in [4.78, 5) is 11.5. The van der Waals surface area contributed by atoms with Gasteiger partial charge >= 0.3 is 0 Å². The van der Waals surface area contributed by atoms with Gasteiger partial charge in [0.05, 0.1) is 10.6 Å². The molecule has 0 unspecified atom stereocenters. The first-order chi connectivity index (χ1) is 10.1. The van der Waals surface area contributed by atoms with Crippen LogP contribution in [0.25, 0.3) is 0 Å². The number of nitrogens with one attached hydrogen (secondary N) is 2. The van der Waals surface area contributed by atoms with Gasteiger partial charge < -0.3 is 10.1 Å². The number of carbonyl (C=O) groups excluding carboxylic acids is 1. The van der Waals surface area contributed by atoms with Crippen molar-refractivity contribution in [2.24, 2.45) is 0 Å². The minimum atomic E-state index is -3.72. The maximum absolute atomic E-state index is 12.3. The topological polar surface area (TPSA) is 84.5 Å². The summed E-state index contributed by atoms with van der Waals surface area (Å²) in [5, 5.41) is 2.61. The van der Waals surface area contributed by atoms with Gasteiger partial charge in [-0.25, -0.2) is 8.42 Å². The number of ether oxygens (including phenoxy) is 1. The van der Waals surface area contributed by atoms with Crippen molar-refractivity contribution in [2.75, 3.05) is 16.6 Å². The molecule has 108 valence electrons. The van der Waals surface area contributed by atoms with Crippen LogP contribution in [0.3, 0.4) is 0 Å². The highest BCUT2D eigenvalue weighted by atomic mass is 32.2. The molecule has 0 saturated carbocycles. The number of rotatable bonds is 3. The predicted octanol–water partition coefficient (Wildman–Crippen LogP) is 1.82. The molecule has 1 heterocycles. The smallest absolute Gasteiger partial charge is 0.262 e. The normalized spacial score (nSPS) is 13.8. The average molecular weight is 304 g/mol. The van der Waals surface area contributed by atoms with Crippen LogP contribution in [0.5, 0.6) is 5.75 Å². The third kappa shape index (κ3) is 2.68. The molecule has 1 amide bonds. The Balaban J connectivity index is 1.98. The molecule has 0 aliphatic carbocycles. The lowest BCUT2D eigenvalue weighted by Gasteiger charge is -2.21. The number of anilines is 2. The molecule has 0 radical (unpaired) electrons. The summed E-state index contributed by atoms with van der Waals surface area (Å²) in [6, 6.07) is 12.9. The van der Waals surface area contributed by atoms with Crippen LogP contribution >= 0.6 is 0 Å². The minimum absolute atomic E-state index is 0.0815. The molecule has 0 saturated heterocycles. The van der Waals surface area contributed by atoms with Crippen molar-refractivity contribution >= 4 is 27.3 Å². The molecule has 0 fully saturated rings. The Labute approximate surface area is 121 Å². The molecule has 2 aromatic rings. The van der Waals surface area contributed by atoms with E-state index >= 15 is 0 Å².